The molecule has 0 aliphatic heterocycles. The molecule has 2 rings (SSSR count). The van der Waals surface area contributed by atoms with Gasteiger partial charge in [0.25, 0.3) is 0 Å². The highest BCUT2D eigenvalue weighted by Gasteiger charge is 2.32. The number of H-pyrrole nitrogens is 1. The van der Waals surface area contributed by atoms with Crippen molar-refractivity contribution in [3.63, 3.8) is 0 Å². The summed E-state index contributed by atoms with van der Waals surface area (Å²) in [6.07, 6.45) is -2.02. The minimum Gasteiger partial charge on any atom is -0.462 e. The maximum absolute atomic E-state index is 12.5. The van der Waals surface area contributed by atoms with Gasteiger partial charge in [-0.1, -0.05) is 26.7 Å². The minimum absolute atomic E-state index is 0.0886. The number of ether oxygens (including phenoxy) is 3. The molecule has 1 heterocycles. The van der Waals surface area contributed by atoms with Crippen LogP contribution in [0.3, 0.4) is 0 Å². The molecule has 0 radical (unpaired) electrons. The van der Waals surface area contributed by atoms with Crippen LogP contribution in [0.15, 0.2) is 18.2 Å². The van der Waals surface area contributed by atoms with E-state index >= 15 is 0 Å². The van der Waals surface area contributed by atoms with E-state index in [1.54, 1.807) is 0 Å². The lowest BCUT2D eigenvalue weighted by Gasteiger charge is -2.09. The van der Waals surface area contributed by atoms with Gasteiger partial charge < -0.3 is 19.2 Å². The fraction of sp³-hybridized carbons (Fsp3) is 0.474. The molecule has 0 aliphatic carbocycles. The topological polar surface area (TPSA) is 77.6 Å². The zero-order valence-electron chi connectivity index (χ0n) is 15.6. The summed E-state index contributed by atoms with van der Waals surface area (Å²) in [6.45, 7) is 4.13. The first-order chi connectivity index (χ1) is 13.3. The lowest BCUT2D eigenvalue weighted by atomic mass is 10.1. The van der Waals surface area contributed by atoms with Crippen molar-refractivity contribution in [2.45, 2.75) is 45.9 Å². The van der Waals surface area contributed by atoms with E-state index in [0.717, 1.165) is 25.0 Å². The summed E-state index contributed by atoms with van der Waals surface area (Å²) < 4.78 is 51.8. The first-order valence-corrected chi connectivity index (χ1v) is 9.02. The Morgan fingerprint density at radius 3 is 2.18 bits per heavy atom. The number of aromatic amines is 1. The van der Waals surface area contributed by atoms with Crippen LogP contribution >= 0.6 is 0 Å². The number of aromatic nitrogens is 1. The van der Waals surface area contributed by atoms with Crippen molar-refractivity contribution in [3.8, 4) is 5.75 Å². The fourth-order valence-electron chi connectivity index (χ4n) is 2.50. The van der Waals surface area contributed by atoms with Crippen LogP contribution in [0.2, 0.25) is 0 Å². The molecule has 0 fully saturated rings. The van der Waals surface area contributed by atoms with E-state index in [4.69, 9.17) is 9.47 Å². The van der Waals surface area contributed by atoms with Gasteiger partial charge in [0.15, 0.2) is 0 Å². The molecule has 28 heavy (non-hydrogen) atoms. The number of carbonyl (C=O) groups excluding carboxylic acids is 2. The zero-order chi connectivity index (χ0) is 20.7. The lowest BCUT2D eigenvalue weighted by Crippen LogP contribution is -2.17. The van der Waals surface area contributed by atoms with Crippen molar-refractivity contribution in [3.05, 3.63) is 29.5 Å². The molecule has 2 aromatic rings. The van der Waals surface area contributed by atoms with Gasteiger partial charge in [0, 0.05) is 10.9 Å². The van der Waals surface area contributed by atoms with Gasteiger partial charge in [-0.2, -0.15) is 0 Å². The van der Waals surface area contributed by atoms with Crippen LogP contribution in [-0.4, -0.2) is 36.5 Å². The number of hydrogen-bond donors (Lipinski definition) is 1. The molecule has 0 bridgehead atoms. The molecule has 0 atom stereocenters. The molecule has 0 spiro atoms. The lowest BCUT2D eigenvalue weighted by molar-refractivity contribution is -0.274. The van der Waals surface area contributed by atoms with Crippen LogP contribution < -0.4 is 4.74 Å². The van der Waals surface area contributed by atoms with Crippen LogP contribution in [0.4, 0.5) is 13.2 Å². The summed E-state index contributed by atoms with van der Waals surface area (Å²) in [4.78, 5) is 27.7. The number of rotatable bonds is 9. The first-order valence-electron chi connectivity index (χ1n) is 9.02. The van der Waals surface area contributed by atoms with Crippen LogP contribution in [0.5, 0.6) is 5.75 Å². The van der Waals surface area contributed by atoms with Gasteiger partial charge in [-0.05, 0) is 31.0 Å². The number of benzene rings is 1. The van der Waals surface area contributed by atoms with Crippen molar-refractivity contribution >= 4 is 22.8 Å². The Labute approximate surface area is 159 Å². The molecular weight excluding hydrogens is 379 g/mol. The van der Waals surface area contributed by atoms with Crippen molar-refractivity contribution < 1.29 is 37.0 Å². The molecule has 6 nitrogen and oxygen atoms in total. The monoisotopic (exact) mass is 401 g/mol. The molecule has 0 saturated heterocycles. The minimum atomic E-state index is -4.88. The molecule has 0 aliphatic rings. The third kappa shape index (κ3) is 5.64. The smallest absolute Gasteiger partial charge is 0.462 e. The Morgan fingerprint density at radius 1 is 1.00 bits per heavy atom. The average Bonchev–Trinajstić information content (AvgIpc) is 2.99. The molecule has 9 heteroatoms. The largest absolute Gasteiger partial charge is 0.573 e. The Kier molecular flexibility index (Phi) is 7.31. The fourth-order valence-corrected chi connectivity index (χ4v) is 2.50. The highest BCUT2D eigenvalue weighted by Crippen LogP contribution is 2.30. The van der Waals surface area contributed by atoms with Crippen molar-refractivity contribution in [1.29, 1.82) is 0 Å². The van der Waals surface area contributed by atoms with Crippen molar-refractivity contribution in [1.82, 2.24) is 4.98 Å². The van der Waals surface area contributed by atoms with E-state index in [0.29, 0.717) is 18.4 Å². The molecule has 0 saturated carbocycles. The second-order valence-electron chi connectivity index (χ2n) is 6.11. The maximum Gasteiger partial charge on any atom is 0.573 e. The summed E-state index contributed by atoms with van der Waals surface area (Å²) in [5, 5.41) is 0.0886. The molecule has 0 amide bonds. The second kappa shape index (κ2) is 9.48. The zero-order valence-corrected chi connectivity index (χ0v) is 15.6. The molecular formula is C19H22F3NO5. The number of alkyl halides is 3. The summed E-state index contributed by atoms with van der Waals surface area (Å²) in [7, 11) is 0. The van der Waals surface area contributed by atoms with Crippen LogP contribution in [0.1, 0.15) is 60.4 Å². The molecule has 1 N–H and O–H groups in total. The highest BCUT2D eigenvalue weighted by molar-refractivity contribution is 6.12. The number of unbranched alkanes of at least 4 members (excludes halogenated alkanes) is 2. The Bertz CT molecular complexity index is 829. The van der Waals surface area contributed by atoms with E-state index in [1.807, 2.05) is 13.8 Å². The van der Waals surface area contributed by atoms with E-state index in [2.05, 4.69) is 9.72 Å². The van der Waals surface area contributed by atoms with Gasteiger partial charge in [-0.15, -0.1) is 13.2 Å². The van der Waals surface area contributed by atoms with Crippen molar-refractivity contribution in [2.24, 2.45) is 0 Å². The Morgan fingerprint density at radius 2 is 1.61 bits per heavy atom. The third-order valence-corrected chi connectivity index (χ3v) is 3.87. The molecule has 1 aromatic carbocycles. The highest BCUT2D eigenvalue weighted by atomic mass is 19.4. The summed E-state index contributed by atoms with van der Waals surface area (Å²) in [5.41, 5.74) is -0.0311. The van der Waals surface area contributed by atoms with E-state index in [-0.39, 0.29) is 29.9 Å². The number of hydrogen-bond acceptors (Lipinski definition) is 5. The maximum atomic E-state index is 12.5. The predicted octanol–water partition coefficient (Wildman–Crippen LogP) is 4.98. The number of esters is 2. The van der Waals surface area contributed by atoms with Crippen molar-refractivity contribution in [2.75, 3.05) is 13.2 Å². The number of fused-ring (bicyclic) bond motifs is 1. The predicted molar refractivity (Wildman–Crippen MR) is 95.4 cm³/mol. The quantitative estimate of drug-likeness (QED) is 0.474. The van der Waals surface area contributed by atoms with Crippen LogP contribution in [0, 0.1) is 0 Å². The van der Waals surface area contributed by atoms with Crippen LogP contribution in [-0.2, 0) is 9.47 Å². The molecule has 0 unspecified atom stereocenters. The van der Waals surface area contributed by atoms with E-state index in [1.165, 1.54) is 6.07 Å². The second-order valence-corrected chi connectivity index (χ2v) is 6.11. The number of carbonyl (C=O) groups is 2. The summed E-state index contributed by atoms with van der Waals surface area (Å²) in [5.74, 6) is -2.09. The molecule has 154 valence electrons. The Hall–Kier alpha value is -2.71. The average molecular weight is 401 g/mol. The van der Waals surface area contributed by atoms with Gasteiger partial charge in [0.2, 0.25) is 0 Å². The normalized spacial score (nSPS) is 11.5. The van der Waals surface area contributed by atoms with Gasteiger partial charge in [0.05, 0.1) is 13.2 Å². The SMILES string of the molecule is CCCCOC(=O)c1[nH]c2ccc(OC(F)(F)F)cc2c1C(=O)OCCCC. The van der Waals surface area contributed by atoms with Gasteiger partial charge in [0.1, 0.15) is 17.0 Å². The van der Waals surface area contributed by atoms with Crippen LogP contribution in [0.25, 0.3) is 10.9 Å². The molecule has 1 aromatic heterocycles. The van der Waals surface area contributed by atoms with E-state index < -0.39 is 24.1 Å². The summed E-state index contributed by atoms with van der Waals surface area (Å²) in [6, 6.07) is 3.42. The first kappa shape index (κ1) is 21.6. The number of halogens is 3. The third-order valence-electron chi connectivity index (χ3n) is 3.87. The van der Waals surface area contributed by atoms with Gasteiger partial charge in [-0.3, -0.25) is 0 Å². The summed E-state index contributed by atoms with van der Waals surface area (Å²) >= 11 is 0. The standard InChI is InChI=1S/C19H22F3NO5/c1-3-5-9-26-17(24)15-13-11-12(28-19(20,21)22)7-8-14(13)23-16(15)18(25)27-10-6-4-2/h7-8,11,23H,3-6,9-10H2,1-2H3. The van der Waals surface area contributed by atoms with Gasteiger partial charge in [-0.25, -0.2) is 9.59 Å². The Balaban J connectivity index is 2.43. The van der Waals surface area contributed by atoms with E-state index in [9.17, 15) is 22.8 Å². The van der Waals surface area contributed by atoms with Gasteiger partial charge >= 0.3 is 18.3 Å². The number of nitrogens with one attached hydrogen (secondary N) is 1.